The minimum atomic E-state index is -0.591. The van der Waals surface area contributed by atoms with E-state index in [0.717, 1.165) is 41.4 Å². The van der Waals surface area contributed by atoms with Gasteiger partial charge in [0.25, 0.3) is 17.4 Å². The van der Waals surface area contributed by atoms with Crippen molar-refractivity contribution in [2.45, 2.75) is 32.7 Å². The van der Waals surface area contributed by atoms with Crippen molar-refractivity contribution < 1.29 is 9.59 Å². The van der Waals surface area contributed by atoms with Crippen molar-refractivity contribution >= 4 is 33.5 Å². The van der Waals surface area contributed by atoms with Crippen LogP contribution >= 0.6 is 0 Å². The molecule has 0 spiro atoms. The van der Waals surface area contributed by atoms with Gasteiger partial charge in [-0.3, -0.25) is 30.2 Å². The van der Waals surface area contributed by atoms with E-state index in [1.54, 1.807) is 31.2 Å². The van der Waals surface area contributed by atoms with Crippen LogP contribution in [0, 0.1) is 0 Å². The molecule has 0 fully saturated rings. The van der Waals surface area contributed by atoms with E-state index in [1.165, 1.54) is 4.68 Å². The molecule has 2 amide bonds. The number of carbonyl (C=O) groups is 2. The van der Waals surface area contributed by atoms with E-state index in [0.29, 0.717) is 22.9 Å². The highest BCUT2D eigenvalue weighted by Crippen LogP contribution is 2.29. The lowest BCUT2D eigenvalue weighted by Gasteiger charge is -2.14. The zero-order valence-corrected chi connectivity index (χ0v) is 17.5. The maximum Gasteiger partial charge on any atom is 0.290 e. The van der Waals surface area contributed by atoms with Crippen LogP contribution in [-0.4, -0.2) is 26.6 Å². The number of hydrogen-bond acceptors (Lipinski definition) is 5. The summed E-state index contributed by atoms with van der Waals surface area (Å²) >= 11 is 0. The lowest BCUT2D eigenvalue weighted by Crippen LogP contribution is -2.43. The van der Waals surface area contributed by atoms with Gasteiger partial charge in [0.15, 0.2) is 5.69 Å². The van der Waals surface area contributed by atoms with Gasteiger partial charge in [-0.1, -0.05) is 36.4 Å². The van der Waals surface area contributed by atoms with Gasteiger partial charge in [0.1, 0.15) is 0 Å². The Labute approximate surface area is 183 Å². The second-order valence-electron chi connectivity index (χ2n) is 7.71. The molecule has 0 saturated carbocycles. The fourth-order valence-electron chi connectivity index (χ4n) is 4.32. The van der Waals surface area contributed by atoms with Gasteiger partial charge >= 0.3 is 0 Å². The highest BCUT2D eigenvalue weighted by molar-refractivity contribution is 6.10. The van der Waals surface area contributed by atoms with Gasteiger partial charge in [-0.15, -0.1) is 0 Å². The van der Waals surface area contributed by atoms with Crippen molar-refractivity contribution in [3.8, 4) is 0 Å². The summed E-state index contributed by atoms with van der Waals surface area (Å²) < 4.78 is 1.24. The summed E-state index contributed by atoms with van der Waals surface area (Å²) in [6.45, 7) is 2.10. The molecule has 1 aliphatic carbocycles. The van der Waals surface area contributed by atoms with Crippen LogP contribution in [-0.2, 0) is 19.4 Å². The molecular formula is C24H21N5O3. The number of aromatic nitrogens is 3. The number of benzene rings is 2. The number of nitrogens with zero attached hydrogens (tertiary/aromatic N) is 3. The number of hydrogen-bond donors (Lipinski definition) is 2. The lowest BCUT2D eigenvalue weighted by molar-refractivity contribution is 0.0844. The van der Waals surface area contributed by atoms with E-state index in [4.69, 9.17) is 4.98 Å². The molecule has 5 rings (SSSR count). The van der Waals surface area contributed by atoms with E-state index in [1.807, 2.05) is 24.3 Å². The second kappa shape index (κ2) is 7.88. The Kier molecular flexibility index (Phi) is 4.89. The molecule has 0 aliphatic heterocycles. The fraction of sp³-hybridized carbons (Fsp3) is 0.208. The maximum atomic E-state index is 13.2. The number of hydrazine groups is 1. The monoisotopic (exact) mass is 427 g/mol. The SMILES string of the molecule is CCn1nc(C(=O)NNC(=O)c2c3c(nc4ccccc24)CCC3)c2ccccc2c1=O. The Morgan fingerprint density at radius 2 is 1.62 bits per heavy atom. The molecule has 8 nitrogen and oxygen atoms in total. The first-order valence-corrected chi connectivity index (χ1v) is 10.6. The van der Waals surface area contributed by atoms with Crippen LogP contribution in [0.3, 0.4) is 0 Å². The maximum absolute atomic E-state index is 13.2. The predicted octanol–water partition coefficient (Wildman–Crippen LogP) is 2.53. The quantitative estimate of drug-likeness (QED) is 0.489. The molecule has 2 aromatic heterocycles. The fourth-order valence-corrected chi connectivity index (χ4v) is 4.32. The normalized spacial score (nSPS) is 12.7. The minimum absolute atomic E-state index is 0.0761. The van der Waals surface area contributed by atoms with Crippen LogP contribution < -0.4 is 16.4 Å². The summed E-state index contributed by atoms with van der Waals surface area (Å²) in [5.74, 6) is -0.991. The number of nitrogens with one attached hydrogen (secondary N) is 2. The zero-order chi connectivity index (χ0) is 22.2. The van der Waals surface area contributed by atoms with Gasteiger partial charge in [-0.2, -0.15) is 5.10 Å². The summed E-state index contributed by atoms with van der Waals surface area (Å²) in [4.78, 5) is 43.3. The van der Waals surface area contributed by atoms with Crippen molar-refractivity contribution in [3.63, 3.8) is 0 Å². The van der Waals surface area contributed by atoms with Crippen LogP contribution in [0.2, 0.25) is 0 Å². The summed E-state index contributed by atoms with van der Waals surface area (Å²) in [5, 5.41) is 5.80. The third-order valence-corrected chi connectivity index (χ3v) is 5.82. The van der Waals surface area contributed by atoms with Crippen LogP contribution in [0.15, 0.2) is 53.3 Å². The summed E-state index contributed by atoms with van der Waals surface area (Å²) in [6.07, 6.45) is 2.55. The Bertz CT molecular complexity index is 1460. The molecule has 0 bridgehead atoms. The number of rotatable bonds is 3. The second-order valence-corrected chi connectivity index (χ2v) is 7.71. The van der Waals surface area contributed by atoms with E-state index >= 15 is 0 Å². The van der Waals surface area contributed by atoms with E-state index in [2.05, 4.69) is 16.0 Å². The molecule has 2 heterocycles. The molecule has 2 aromatic carbocycles. The number of amides is 2. The summed E-state index contributed by atoms with van der Waals surface area (Å²) in [6, 6.07) is 14.3. The van der Waals surface area contributed by atoms with Gasteiger partial charge in [-0.05, 0) is 43.9 Å². The molecule has 32 heavy (non-hydrogen) atoms. The first-order valence-electron chi connectivity index (χ1n) is 10.6. The standard InChI is InChI=1S/C24H21N5O3/c1-2-29-24(32)15-9-4-3-8-14(15)21(28-29)23(31)27-26-22(30)20-16-10-5-6-12-18(16)25-19-13-7-11-17(19)20/h3-6,8-10,12H,2,7,11,13H2,1H3,(H,26,30)(H,27,31). The Morgan fingerprint density at radius 3 is 2.41 bits per heavy atom. The zero-order valence-electron chi connectivity index (χ0n) is 17.5. The van der Waals surface area contributed by atoms with Gasteiger partial charge in [-0.25, -0.2) is 4.68 Å². The van der Waals surface area contributed by atoms with E-state index in [-0.39, 0.29) is 11.3 Å². The highest BCUT2D eigenvalue weighted by atomic mass is 16.2. The van der Waals surface area contributed by atoms with Crippen LogP contribution in [0.1, 0.15) is 45.4 Å². The van der Waals surface area contributed by atoms with Crippen LogP contribution in [0.4, 0.5) is 0 Å². The van der Waals surface area contributed by atoms with Crippen molar-refractivity contribution in [2.75, 3.05) is 0 Å². The van der Waals surface area contributed by atoms with Crippen molar-refractivity contribution in [2.24, 2.45) is 0 Å². The third kappa shape index (κ3) is 3.20. The molecule has 2 N–H and O–H groups in total. The largest absolute Gasteiger partial charge is 0.290 e. The Balaban J connectivity index is 1.48. The molecule has 0 unspecified atom stereocenters. The molecule has 0 radical (unpaired) electrons. The molecule has 0 atom stereocenters. The summed E-state index contributed by atoms with van der Waals surface area (Å²) in [7, 11) is 0. The van der Waals surface area contributed by atoms with Gasteiger partial charge in [0.05, 0.1) is 16.5 Å². The van der Waals surface area contributed by atoms with Crippen LogP contribution in [0.5, 0.6) is 0 Å². The predicted molar refractivity (Wildman–Crippen MR) is 120 cm³/mol. The van der Waals surface area contributed by atoms with E-state index < -0.39 is 11.8 Å². The number of aryl methyl sites for hydroxylation is 2. The molecule has 4 aromatic rings. The molecule has 0 saturated heterocycles. The van der Waals surface area contributed by atoms with Crippen molar-refractivity contribution in [1.29, 1.82) is 0 Å². The Morgan fingerprint density at radius 1 is 0.938 bits per heavy atom. The van der Waals surface area contributed by atoms with Gasteiger partial charge in [0, 0.05) is 23.0 Å². The first-order chi connectivity index (χ1) is 15.6. The molecule has 160 valence electrons. The number of para-hydroxylation sites is 1. The average Bonchev–Trinajstić information content (AvgIpc) is 3.29. The highest BCUT2D eigenvalue weighted by Gasteiger charge is 2.24. The lowest BCUT2D eigenvalue weighted by atomic mass is 10.0. The number of carbonyl (C=O) groups excluding carboxylic acids is 2. The Hall–Kier alpha value is -4.07. The van der Waals surface area contributed by atoms with Crippen molar-refractivity contribution in [3.05, 3.63) is 81.4 Å². The topological polar surface area (TPSA) is 106 Å². The van der Waals surface area contributed by atoms with Gasteiger partial charge in [0.2, 0.25) is 0 Å². The molecule has 1 aliphatic rings. The summed E-state index contributed by atoms with van der Waals surface area (Å²) in [5.41, 5.74) is 8.00. The van der Waals surface area contributed by atoms with Crippen molar-refractivity contribution in [1.82, 2.24) is 25.6 Å². The average molecular weight is 427 g/mol. The third-order valence-electron chi connectivity index (χ3n) is 5.82. The minimum Gasteiger partial charge on any atom is -0.267 e. The van der Waals surface area contributed by atoms with Gasteiger partial charge < -0.3 is 0 Å². The molecule has 8 heteroatoms. The van der Waals surface area contributed by atoms with Crippen LogP contribution in [0.25, 0.3) is 21.7 Å². The first kappa shape index (κ1) is 19.9. The number of pyridine rings is 1. The van der Waals surface area contributed by atoms with E-state index in [9.17, 15) is 14.4 Å². The molecular weight excluding hydrogens is 406 g/mol. The number of fused-ring (bicyclic) bond motifs is 3. The smallest absolute Gasteiger partial charge is 0.267 e.